The van der Waals surface area contributed by atoms with Crippen LogP contribution in [0.1, 0.15) is 16.7 Å². The molecule has 0 bridgehead atoms. The van der Waals surface area contributed by atoms with E-state index >= 15 is 0 Å². The van der Waals surface area contributed by atoms with Crippen molar-refractivity contribution in [2.75, 3.05) is 31.1 Å². The van der Waals surface area contributed by atoms with E-state index in [0.29, 0.717) is 25.4 Å². The topological polar surface area (TPSA) is 56.6 Å². The highest BCUT2D eigenvalue weighted by Crippen LogP contribution is 2.28. The van der Waals surface area contributed by atoms with Crippen molar-refractivity contribution in [2.45, 2.75) is 13.5 Å². The van der Waals surface area contributed by atoms with Crippen molar-refractivity contribution < 1.29 is 9.53 Å². The van der Waals surface area contributed by atoms with Crippen LogP contribution in [0.4, 0.5) is 5.69 Å². The molecule has 5 nitrogen and oxygen atoms in total. The standard InChI is InChI=1S/C28H26BrN3O2/c1-21-7-9-22(10-8-21)20-34-27-12-11-23(18-26(27)29)17-24(19-30)28(33)32-15-13-31(14-16-32)25-5-3-2-4-6-25/h2-12,17-18H,13-16,20H2,1H3/b24-17-. The van der Waals surface area contributed by atoms with Crippen LogP contribution in [0.3, 0.4) is 0 Å². The Labute approximate surface area is 209 Å². The summed E-state index contributed by atoms with van der Waals surface area (Å²) < 4.78 is 6.70. The molecule has 6 heteroatoms. The molecule has 0 spiro atoms. The van der Waals surface area contributed by atoms with Crippen LogP contribution >= 0.6 is 15.9 Å². The first-order valence-electron chi connectivity index (χ1n) is 11.2. The molecule has 0 unspecified atom stereocenters. The van der Waals surface area contributed by atoms with E-state index in [9.17, 15) is 10.1 Å². The summed E-state index contributed by atoms with van der Waals surface area (Å²) >= 11 is 3.55. The highest BCUT2D eigenvalue weighted by Gasteiger charge is 2.23. The van der Waals surface area contributed by atoms with Crippen LogP contribution in [0.25, 0.3) is 6.08 Å². The molecule has 3 aromatic carbocycles. The van der Waals surface area contributed by atoms with Gasteiger partial charge in [0.1, 0.15) is 24.0 Å². The second-order valence-electron chi connectivity index (χ2n) is 8.25. The zero-order valence-corrected chi connectivity index (χ0v) is 20.7. The first kappa shape index (κ1) is 23.6. The normalized spacial score (nSPS) is 14.0. The maximum Gasteiger partial charge on any atom is 0.264 e. The molecule has 1 aliphatic rings. The molecular weight excluding hydrogens is 490 g/mol. The Bertz CT molecular complexity index is 1210. The van der Waals surface area contributed by atoms with Crippen LogP contribution in [0.15, 0.2) is 82.8 Å². The van der Waals surface area contributed by atoms with Crippen LogP contribution < -0.4 is 9.64 Å². The molecule has 34 heavy (non-hydrogen) atoms. The molecule has 4 rings (SSSR count). The third kappa shape index (κ3) is 5.86. The molecule has 0 aromatic heterocycles. The predicted octanol–water partition coefficient (Wildman–Crippen LogP) is 5.59. The van der Waals surface area contributed by atoms with Crippen LogP contribution in [0, 0.1) is 18.3 Å². The van der Waals surface area contributed by atoms with E-state index in [1.165, 1.54) is 5.56 Å². The fourth-order valence-electron chi connectivity index (χ4n) is 3.85. The van der Waals surface area contributed by atoms with Crippen molar-refractivity contribution in [2.24, 2.45) is 0 Å². The maximum absolute atomic E-state index is 13.0. The van der Waals surface area contributed by atoms with E-state index in [0.717, 1.165) is 34.4 Å². The minimum atomic E-state index is -0.231. The fraction of sp³-hybridized carbons (Fsp3) is 0.214. The number of ether oxygens (including phenoxy) is 1. The monoisotopic (exact) mass is 515 g/mol. The number of benzene rings is 3. The Hall–Kier alpha value is -3.56. The zero-order chi connectivity index (χ0) is 23.9. The lowest BCUT2D eigenvalue weighted by atomic mass is 10.1. The molecule has 1 fully saturated rings. The largest absolute Gasteiger partial charge is 0.488 e. The van der Waals surface area contributed by atoms with Gasteiger partial charge in [0.05, 0.1) is 4.47 Å². The molecule has 0 atom stereocenters. The third-order valence-corrected chi connectivity index (χ3v) is 6.44. The van der Waals surface area contributed by atoms with Crippen molar-refractivity contribution in [1.29, 1.82) is 5.26 Å². The number of carbonyl (C=O) groups is 1. The highest BCUT2D eigenvalue weighted by molar-refractivity contribution is 9.10. The van der Waals surface area contributed by atoms with Crippen LogP contribution in [-0.2, 0) is 11.4 Å². The second-order valence-corrected chi connectivity index (χ2v) is 9.10. The summed E-state index contributed by atoms with van der Waals surface area (Å²) in [6.07, 6.45) is 1.64. The highest BCUT2D eigenvalue weighted by atomic mass is 79.9. The first-order chi connectivity index (χ1) is 16.5. The second kappa shape index (κ2) is 11.0. The molecule has 3 aromatic rings. The van der Waals surface area contributed by atoms with E-state index in [2.05, 4.69) is 58.1 Å². The number of para-hydroxylation sites is 1. The minimum Gasteiger partial charge on any atom is -0.488 e. The van der Waals surface area contributed by atoms with Gasteiger partial charge in [0, 0.05) is 31.9 Å². The zero-order valence-electron chi connectivity index (χ0n) is 19.1. The number of hydrogen-bond donors (Lipinski definition) is 0. The van der Waals surface area contributed by atoms with Crippen molar-refractivity contribution in [3.63, 3.8) is 0 Å². The summed E-state index contributed by atoms with van der Waals surface area (Å²) in [6.45, 7) is 5.17. The molecule has 0 saturated carbocycles. The Morgan fingerprint density at radius 1 is 1.03 bits per heavy atom. The van der Waals surface area contributed by atoms with Crippen LogP contribution in [0.2, 0.25) is 0 Å². The lowest BCUT2D eigenvalue weighted by Crippen LogP contribution is -2.49. The number of anilines is 1. The van der Waals surface area contributed by atoms with E-state index in [1.54, 1.807) is 11.0 Å². The number of amides is 1. The maximum atomic E-state index is 13.0. The molecular formula is C28H26BrN3O2. The molecule has 0 radical (unpaired) electrons. The van der Waals surface area contributed by atoms with Gasteiger partial charge in [0.15, 0.2) is 0 Å². The van der Waals surface area contributed by atoms with Gasteiger partial charge in [-0.05, 0) is 64.3 Å². The number of halogens is 1. The minimum absolute atomic E-state index is 0.133. The Kier molecular flexibility index (Phi) is 7.66. The Balaban J connectivity index is 1.38. The smallest absolute Gasteiger partial charge is 0.264 e. The first-order valence-corrected chi connectivity index (χ1v) is 12.0. The average Bonchev–Trinajstić information content (AvgIpc) is 2.88. The number of nitriles is 1. The molecule has 1 amide bonds. The predicted molar refractivity (Wildman–Crippen MR) is 138 cm³/mol. The summed E-state index contributed by atoms with van der Waals surface area (Å²) in [5.41, 5.74) is 4.35. The summed E-state index contributed by atoms with van der Waals surface area (Å²) in [6, 6.07) is 26.0. The molecule has 1 aliphatic heterocycles. The molecule has 0 N–H and O–H groups in total. The quantitative estimate of drug-likeness (QED) is 0.317. The molecule has 1 saturated heterocycles. The van der Waals surface area contributed by atoms with Gasteiger partial charge in [0.2, 0.25) is 0 Å². The number of hydrogen-bond acceptors (Lipinski definition) is 4. The van der Waals surface area contributed by atoms with Gasteiger partial charge in [0.25, 0.3) is 5.91 Å². The average molecular weight is 516 g/mol. The van der Waals surface area contributed by atoms with Crippen molar-refractivity contribution >= 4 is 33.6 Å². The molecule has 0 aliphatic carbocycles. The number of rotatable bonds is 6. The lowest BCUT2D eigenvalue weighted by Gasteiger charge is -2.36. The van der Waals surface area contributed by atoms with Crippen molar-refractivity contribution in [3.05, 3.63) is 99.5 Å². The molecule has 172 valence electrons. The summed E-state index contributed by atoms with van der Waals surface area (Å²) in [5.74, 6) is 0.477. The lowest BCUT2D eigenvalue weighted by molar-refractivity contribution is -0.126. The van der Waals surface area contributed by atoms with Crippen molar-refractivity contribution in [1.82, 2.24) is 4.90 Å². The van der Waals surface area contributed by atoms with E-state index in [1.807, 2.05) is 48.5 Å². The van der Waals surface area contributed by atoms with Gasteiger partial charge in [-0.15, -0.1) is 0 Å². The van der Waals surface area contributed by atoms with E-state index in [4.69, 9.17) is 4.74 Å². The fourth-order valence-corrected chi connectivity index (χ4v) is 4.37. The number of piperazine rings is 1. The van der Waals surface area contributed by atoms with Gasteiger partial charge < -0.3 is 14.5 Å². The Morgan fingerprint density at radius 2 is 1.74 bits per heavy atom. The van der Waals surface area contributed by atoms with Crippen LogP contribution in [-0.4, -0.2) is 37.0 Å². The van der Waals surface area contributed by atoms with Crippen molar-refractivity contribution in [3.8, 4) is 11.8 Å². The number of carbonyl (C=O) groups excluding carboxylic acids is 1. The van der Waals surface area contributed by atoms with Gasteiger partial charge in [-0.2, -0.15) is 5.26 Å². The number of nitrogens with zero attached hydrogens (tertiary/aromatic N) is 3. The summed E-state index contributed by atoms with van der Waals surface area (Å²) in [7, 11) is 0. The number of aryl methyl sites for hydroxylation is 1. The van der Waals surface area contributed by atoms with Gasteiger partial charge in [-0.1, -0.05) is 54.1 Å². The van der Waals surface area contributed by atoms with E-state index in [-0.39, 0.29) is 11.5 Å². The third-order valence-electron chi connectivity index (χ3n) is 5.82. The summed E-state index contributed by atoms with van der Waals surface area (Å²) in [5, 5.41) is 9.66. The van der Waals surface area contributed by atoms with Gasteiger partial charge >= 0.3 is 0 Å². The van der Waals surface area contributed by atoms with E-state index < -0.39 is 0 Å². The summed E-state index contributed by atoms with van der Waals surface area (Å²) in [4.78, 5) is 17.0. The van der Waals surface area contributed by atoms with Crippen LogP contribution in [0.5, 0.6) is 5.75 Å². The Morgan fingerprint density at radius 3 is 2.38 bits per heavy atom. The SMILES string of the molecule is Cc1ccc(COc2ccc(/C=C(/C#N)C(=O)N3CCN(c4ccccc4)CC3)cc2Br)cc1. The van der Waals surface area contributed by atoms with Gasteiger partial charge in [-0.25, -0.2) is 0 Å². The molecule has 1 heterocycles. The van der Waals surface area contributed by atoms with Gasteiger partial charge in [-0.3, -0.25) is 4.79 Å².